The second kappa shape index (κ2) is 7.08. The van der Waals surface area contributed by atoms with E-state index < -0.39 is 6.04 Å². The van der Waals surface area contributed by atoms with Crippen molar-refractivity contribution >= 4 is 11.8 Å². The number of piperidine rings is 1. The van der Waals surface area contributed by atoms with Crippen molar-refractivity contribution in [2.24, 2.45) is 12.5 Å². The number of nitrogens with zero attached hydrogens (tertiary/aromatic N) is 3. The fourth-order valence-electron chi connectivity index (χ4n) is 4.06. The molecule has 6 heteroatoms. The molecule has 1 saturated heterocycles. The maximum Gasteiger partial charge on any atom is 0.272 e. The third-order valence-corrected chi connectivity index (χ3v) is 6.27. The van der Waals surface area contributed by atoms with Gasteiger partial charge in [-0.05, 0) is 56.6 Å². The van der Waals surface area contributed by atoms with Gasteiger partial charge in [-0.25, -0.2) is 0 Å². The molecule has 2 heterocycles. The lowest BCUT2D eigenvalue weighted by Crippen LogP contribution is -2.49. The van der Waals surface area contributed by atoms with E-state index in [1.165, 1.54) is 18.4 Å². The average Bonchev–Trinajstić information content (AvgIpc) is 3.32. The highest BCUT2D eigenvalue weighted by molar-refractivity contribution is 5.96. The molecule has 1 aliphatic heterocycles. The van der Waals surface area contributed by atoms with Crippen LogP contribution in [0.3, 0.4) is 0 Å². The van der Waals surface area contributed by atoms with E-state index in [-0.39, 0.29) is 11.8 Å². The third-order valence-electron chi connectivity index (χ3n) is 6.27. The van der Waals surface area contributed by atoms with Gasteiger partial charge >= 0.3 is 0 Å². The van der Waals surface area contributed by atoms with Crippen LogP contribution < -0.4 is 5.32 Å². The standard InChI is InChI=1S/C22H28N4O2/c1-15-4-6-17(7-5-15)19-14-18(24-25(19)3)20(27)23-16(2)21(28)26-12-10-22(8-9-22)11-13-26/h4-7,14,16H,8-13H2,1-3H3,(H,23,27)/t16-/m0/s1. The molecule has 1 aromatic carbocycles. The van der Waals surface area contributed by atoms with Gasteiger partial charge in [-0.15, -0.1) is 0 Å². The number of benzene rings is 1. The topological polar surface area (TPSA) is 67.2 Å². The number of nitrogens with one attached hydrogen (secondary N) is 1. The zero-order chi connectivity index (χ0) is 19.9. The van der Waals surface area contributed by atoms with Gasteiger partial charge in [0.05, 0.1) is 5.69 Å². The number of likely N-dealkylation sites (tertiary alicyclic amines) is 1. The van der Waals surface area contributed by atoms with Gasteiger partial charge in [-0.3, -0.25) is 14.3 Å². The van der Waals surface area contributed by atoms with Crippen molar-refractivity contribution in [3.63, 3.8) is 0 Å². The second-order valence-electron chi connectivity index (χ2n) is 8.42. The average molecular weight is 380 g/mol. The number of rotatable bonds is 4. The summed E-state index contributed by atoms with van der Waals surface area (Å²) in [6.07, 6.45) is 4.81. The van der Waals surface area contributed by atoms with Gasteiger partial charge in [-0.2, -0.15) is 5.10 Å². The second-order valence-corrected chi connectivity index (χ2v) is 8.42. The van der Waals surface area contributed by atoms with Crippen molar-refractivity contribution in [3.8, 4) is 11.3 Å². The van der Waals surface area contributed by atoms with Gasteiger partial charge in [-0.1, -0.05) is 29.8 Å². The van der Waals surface area contributed by atoms with Crippen LogP contribution >= 0.6 is 0 Å². The lowest BCUT2D eigenvalue weighted by atomic mass is 9.93. The molecule has 1 atom stereocenters. The van der Waals surface area contributed by atoms with Crippen molar-refractivity contribution in [1.82, 2.24) is 20.0 Å². The SMILES string of the molecule is Cc1ccc(-c2cc(C(=O)N[C@@H](C)C(=O)N3CCC4(CC3)CC4)nn2C)cc1. The fraction of sp³-hybridized carbons (Fsp3) is 0.500. The lowest BCUT2D eigenvalue weighted by molar-refractivity contribution is -0.134. The Morgan fingerprint density at radius 3 is 2.36 bits per heavy atom. The Kier molecular flexibility index (Phi) is 4.73. The molecule has 2 aliphatic rings. The summed E-state index contributed by atoms with van der Waals surface area (Å²) in [6.45, 7) is 5.41. The molecule has 1 aromatic heterocycles. The molecule has 6 nitrogen and oxygen atoms in total. The predicted molar refractivity (Wildman–Crippen MR) is 108 cm³/mol. The van der Waals surface area contributed by atoms with Crippen LogP contribution in [0.2, 0.25) is 0 Å². The summed E-state index contributed by atoms with van der Waals surface area (Å²) >= 11 is 0. The summed E-state index contributed by atoms with van der Waals surface area (Å²) in [5.74, 6) is -0.316. The van der Waals surface area contributed by atoms with Crippen molar-refractivity contribution in [2.45, 2.75) is 45.6 Å². The highest BCUT2D eigenvalue weighted by Gasteiger charge is 2.45. The molecule has 4 rings (SSSR count). The summed E-state index contributed by atoms with van der Waals surface area (Å²) in [5.41, 5.74) is 3.92. The maximum absolute atomic E-state index is 12.7. The molecule has 2 amide bonds. The Bertz CT molecular complexity index is 886. The Morgan fingerprint density at radius 1 is 1.11 bits per heavy atom. The first-order valence-electron chi connectivity index (χ1n) is 10.1. The number of hydrogen-bond acceptors (Lipinski definition) is 3. The molecule has 1 spiro atoms. The minimum absolute atomic E-state index is 0.00135. The normalized spacial score (nSPS) is 18.8. The zero-order valence-corrected chi connectivity index (χ0v) is 16.9. The minimum Gasteiger partial charge on any atom is -0.341 e. The molecule has 0 radical (unpaired) electrons. The minimum atomic E-state index is -0.550. The summed E-state index contributed by atoms with van der Waals surface area (Å²) in [6, 6.07) is 9.33. The van der Waals surface area contributed by atoms with Crippen LogP contribution in [-0.4, -0.2) is 45.6 Å². The van der Waals surface area contributed by atoms with Gasteiger partial charge < -0.3 is 10.2 Å². The first kappa shape index (κ1) is 18.7. The van der Waals surface area contributed by atoms with Crippen LogP contribution in [0.15, 0.2) is 30.3 Å². The van der Waals surface area contributed by atoms with Crippen LogP contribution in [0.4, 0.5) is 0 Å². The van der Waals surface area contributed by atoms with Crippen LogP contribution in [0.5, 0.6) is 0 Å². The molecule has 2 fully saturated rings. The molecule has 0 unspecified atom stereocenters. The van der Waals surface area contributed by atoms with E-state index >= 15 is 0 Å². The number of amides is 2. The molecule has 28 heavy (non-hydrogen) atoms. The summed E-state index contributed by atoms with van der Waals surface area (Å²) in [7, 11) is 1.82. The quantitative estimate of drug-likeness (QED) is 0.887. The molecule has 0 bridgehead atoms. The molecular weight excluding hydrogens is 352 g/mol. The molecule has 1 N–H and O–H groups in total. The smallest absolute Gasteiger partial charge is 0.272 e. The first-order chi connectivity index (χ1) is 13.4. The van der Waals surface area contributed by atoms with E-state index in [9.17, 15) is 9.59 Å². The Labute approximate surface area is 165 Å². The molecule has 1 saturated carbocycles. The predicted octanol–water partition coefficient (Wildman–Crippen LogP) is 2.92. The van der Waals surface area contributed by atoms with Crippen LogP contribution in [0.1, 0.15) is 48.7 Å². The summed E-state index contributed by atoms with van der Waals surface area (Å²) < 4.78 is 1.70. The van der Waals surface area contributed by atoms with Gasteiger partial charge in [0.15, 0.2) is 5.69 Å². The van der Waals surface area contributed by atoms with E-state index in [1.54, 1.807) is 17.7 Å². The van der Waals surface area contributed by atoms with Gasteiger partial charge in [0.2, 0.25) is 5.91 Å². The fourth-order valence-corrected chi connectivity index (χ4v) is 4.06. The Balaban J connectivity index is 1.39. The van der Waals surface area contributed by atoms with Gasteiger partial charge in [0, 0.05) is 20.1 Å². The van der Waals surface area contributed by atoms with E-state index in [1.807, 2.05) is 43.1 Å². The summed E-state index contributed by atoms with van der Waals surface area (Å²) in [4.78, 5) is 27.2. The van der Waals surface area contributed by atoms with Crippen molar-refractivity contribution < 1.29 is 9.59 Å². The van der Waals surface area contributed by atoms with E-state index in [4.69, 9.17) is 0 Å². The van der Waals surface area contributed by atoms with Crippen molar-refractivity contribution in [3.05, 3.63) is 41.6 Å². The van der Waals surface area contributed by atoms with E-state index in [0.717, 1.165) is 37.2 Å². The number of hydrogen-bond donors (Lipinski definition) is 1. The lowest BCUT2D eigenvalue weighted by Gasteiger charge is -2.33. The molecule has 148 valence electrons. The highest BCUT2D eigenvalue weighted by Crippen LogP contribution is 2.53. The van der Waals surface area contributed by atoms with Gasteiger partial charge in [0.1, 0.15) is 6.04 Å². The highest BCUT2D eigenvalue weighted by atomic mass is 16.2. The van der Waals surface area contributed by atoms with E-state index in [2.05, 4.69) is 10.4 Å². The van der Waals surface area contributed by atoms with Crippen molar-refractivity contribution in [1.29, 1.82) is 0 Å². The molecular formula is C22H28N4O2. The third kappa shape index (κ3) is 3.68. The monoisotopic (exact) mass is 380 g/mol. The Morgan fingerprint density at radius 2 is 1.75 bits per heavy atom. The maximum atomic E-state index is 12.7. The number of aromatic nitrogens is 2. The van der Waals surface area contributed by atoms with Crippen LogP contribution in [0.25, 0.3) is 11.3 Å². The number of aryl methyl sites for hydroxylation is 2. The summed E-state index contributed by atoms with van der Waals surface area (Å²) in [5, 5.41) is 7.17. The molecule has 1 aliphatic carbocycles. The zero-order valence-electron chi connectivity index (χ0n) is 16.9. The largest absolute Gasteiger partial charge is 0.341 e. The van der Waals surface area contributed by atoms with Crippen LogP contribution in [0, 0.1) is 12.3 Å². The molecule has 2 aromatic rings. The number of carbonyl (C=O) groups is 2. The van der Waals surface area contributed by atoms with E-state index in [0.29, 0.717) is 11.1 Å². The number of carbonyl (C=O) groups excluding carboxylic acids is 2. The Hall–Kier alpha value is -2.63. The van der Waals surface area contributed by atoms with Crippen LogP contribution in [-0.2, 0) is 11.8 Å². The van der Waals surface area contributed by atoms with Crippen molar-refractivity contribution in [2.75, 3.05) is 13.1 Å². The van der Waals surface area contributed by atoms with Gasteiger partial charge in [0.25, 0.3) is 5.91 Å². The first-order valence-corrected chi connectivity index (χ1v) is 10.1.